The van der Waals surface area contributed by atoms with Crippen LogP contribution in [0.5, 0.6) is 0 Å². The van der Waals surface area contributed by atoms with Crippen LogP contribution in [0.2, 0.25) is 5.02 Å². The van der Waals surface area contributed by atoms with Crippen molar-refractivity contribution in [3.8, 4) is 11.1 Å². The number of nitrogens with zero attached hydrogens (tertiary/aromatic N) is 3. The molecule has 2 aliphatic heterocycles. The van der Waals surface area contributed by atoms with E-state index in [1.807, 2.05) is 54.3 Å². The van der Waals surface area contributed by atoms with Crippen LogP contribution in [0, 0.1) is 6.92 Å². The van der Waals surface area contributed by atoms with Crippen molar-refractivity contribution in [2.24, 2.45) is 0 Å². The highest BCUT2D eigenvalue weighted by Gasteiger charge is 2.31. The molecule has 7 rings (SSSR count). The second-order valence-corrected chi connectivity index (χ2v) is 18.4. The normalized spacial score (nSPS) is 16.8. The molecule has 59 heavy (non-hydrogen) atoms. The van der Waals surface area contributed by atoms with Gasteiger partial charge in [-0.2, -0.15) is 0 Å². The van der Waals surface area contributed by atoms with Crippen LogP contribution in [0.3, 0.4) is 0 Å². The molecule has 2 aliphatic rings. The Balaban J connectivity index is 0.934. The first-order chi connectivity index (χ1) is 28.5. The zero-order chi connectivity index (χ0) is 41.4. The Morgan fingerprint density at radius 1 is 0.864 bits per heavy atom. The number of halogens is 1. The first kappa shape index (κ1) is 42.3. The smallest absolute Gasteiger partial charge is 0.320 e. The summed E-state index contributed by atoms with van der Waals surface area (Å²) in [6.45, 7) is 7.48. The standard InChI is InChI=1S/C46H50ClN5O5S2/c1-33-30-41(21-22-43(33)48-38(32-58-40-9-3-2-4-10-40)23-25-52-24-7-12-44(52)46(54)55)59(56,57)49-45(53)35-15-19-39(20-16-35)51-28-26-50(27-29-51)31-36-8-5-6-11-42(36)34-13-17-37(47)18-14-34/h2-6,8-11,13-22,30,38,44,48H,7,12,23-29,31-32H2,1H3,(H,49,53)(H,54,55)/t38-,44-/m1/s1. The third kappa shape index (κ3) is 11.1. The van der Waals surface area contributed by atoms with Gasteiger partial charge in [0.1, 0.15) is 6.04 Å². The van der Waals surface area contributed by atoms with E-state index in [1.165, 1.54) is 17.2 Å². The molecule has 0 bridgehead atoms. The van der Waals surface area contributed by atoms with Crippen molar-refractivity contribution < 1.29 is 23.1 Å². The van der Waals surface area contributed by atoms with Gasteiger partial charge in [-0.05, 0) is 122 Å². The number of benzene rings is 5. The van der Waals surface area contributed by atoms with Crippen LogP contribution < -0.4 is 14.9 Å². The Morgan fingerprint density at radius 2 is 1.58 bits per heavy atom. The number of hydrogen-bond donors (Lipinski definition) is 3. The second kappa shape index (κ2) is 19.5. The van der Waals surface area contributed by atoms with Crippen molar-refractivity contribution in [2.75, 3.05) is 55.2 Å². The van der Waals surface area contributed by atoms with Crippen LogP contribution in [0.1, 0.15) is 40.7 Å². The van der Waals surface area contributed by atoms with E-state index >= 15 is 0 Å². The predicted molar refractivity (Wildman–Crippen MR) is 238 cm³/mol. The van der Waals surface area contributed by atoms with E-state index in [4.69, 9.17) is 11.6 Å². The van der Waals surface area contributed by atoms with Crippen molar-refractivity contribution in [3.63, 3.8) is 0 Å². The first-order valence-electron chi connectivity index (χ1n) is 20.0. The fourth-order valence-corrected chi connectivity index (χ4v) is 10.0. The maximum Gasteiger partial charge on any atom is 0.320 e. The molecular formula is C46H50ClN5O5S2. The van der Waals surface area contributed by atoms with Gasteiger partial charge in [0.25, 0.3) is 15.9 Å². The molecule has 0 aromatic heterocycles. The van der Waals surface area contributed by atoms with Crippen molar-refractivity contribution >= 4 is 56.6 Å². The van der Waals surface area contributed by atoms with Gasteiger partial charge < -0.3 is 15.3 Å². The number of carbonyl (C=O) groups is 2. The third-order valence-electron chi connectivity index (χ3n) is 11.1. The maximum atomic E-state index is 13.5. The lowest BCUT2D eigenvalue weighted by Crippen LogP contribution is -2.46. The number of nitrogens with one attached hydrogen (secondary N) is 2. The Labute approximate surface area is 356 Å². The van der Waals surface area contributed by atoms with Crippen LogP contribution >= 0.6 is 23.4 Å². The van der Waals surface area contributed by atoms with Gasteiger partial charge in [-0.1, -0.05) is 66.2 Å². The Bertz CT molecular complexity index is 2320. The lowest BCUT2D eigenvalue weighted by Gasteiger charge is -2.36. The van der Waals surface area contributed by atoms with Crippen LogP contribution in [-0.2, 0) is 21.4 Å². The number of carbonyl (C=O) groups excluding carboxylic acids is 1. The Kier molecular flexibility index (Phi) is 14.0. The maximum absolute atomic E-state index is 13.5. The number of aliphatic carboxylic acids is 1. The molecule has 308 valence electrons. The molecule has 2 atom stereocenters. The van der Waals surface area contributed by atoms with E-state index in [0.717, 1.165) is 90.3 Å². The Morgan fingerprint density at radius 3 is 2.29 bits per heavy atom. The summed E-state index contributed by atoms with van der Waals surface area (Å²) in [4.78, 5) is 32.9. The number of carboxylic acid groups (broad SMARTS) is 1. The fraction of sp³-hybridized carbons (Fsp3) is 0.304. The van der Waals surface area contributed by atoms with Gasteiger partial charge in [-0.25, -0.2) is 13.1 Å². The summed E-state index contributed by atoms with van der Waals surface area (Å²) in [6.07, 6.45) is 2.24. The average Bonchev–Trinajstić information content (AvgIpc) is 3.73. The van der Waals surface area contributed by atoms with E-state index < -0.39 is 27.9 Å². The van der Waals surface area contributed by atoms with Gasteiger partial charge in [0, 0.05) is 77.9 Å². The molecule has 13 heteroatoms. The number of carboxylic acids is 1. The number of hydrogen-bond acceptors (Lipinski definition) is 9. The summed E-state index contributed by atoms with van der Waals surface area (Å²) < 4.78 is 29.2. The number of sulfonamides is 1. The van der Waals surface area contributed by atoms with Gasteiger partial charge in [0.2, 0.25) is 0 Å². The summed E-state index contributed by atoms with van der Waals surface area (Å²) >= 11 is 7.85. The highest BCUT2D eigenvalue weighted by molar-refractivity contribution is 7.99. The molecule has 10 nitrogen and oxygen atoms in total. The molecule has 5 aromatic carbocycles. The number of likely N-dealkylation sites (tertiary alicyclic amines) is 1. The summed E-state index contributed by atoms with van der Waals surface area (Å²) in [5.41, 5.74) is 6.34. The first-order valence-corrected chi connectivity index (χ1v) is 22.9. The van der Waals surface area contributed by atoms with Crippen molar-refractivity contribution in [3.05, 3.63) is 143 Å². The average molecular weight is 853 g/mol. The van der Waals surface area contributed by atoms with Gasteiger partial charge in [0.15, 0.2) is 0 Å². The van der Waals surface area contributed by atoms with E-state index in [0.29, 0.717) is 13.0 Å². The largest absolute Gasteiger partial charge is 0.480 e. The molecule has 5 aromatic rings. The zero-order valence-electron chi connectivity index (χ0n) is 33.1. The van der Waals surface area contributed by atoms with Crippen LogP contribution in [0.4, 0.5) is 11.4 Å². The van der Waals surface area contributed by atoms with Gasteiger partial charge in [-0.15, -0.1) is 11.8 Å². The van der Waals surface area contributed by atoms with Crippen LogP contribution in [0.15, 0.2) is 131 Å². The van der Waals surface area contributed by atoms with Gasteiger partial charge in [-0.3, -0.25) is 19.4 Å². The Hall–Kier alpha value is -4.85. The molecule has 0 unspecified atom stereocenters. The summed E-state index contributed by atoms with van der Waals surface area (Å²) in [6, 6.07) is 37.9. The molecule has 1 amide bonds. The predicted octanol–water partition coefficient (Wildman–Crippen LogP) is 8.27. The lowest BCUT2D eigenvalue weighted by atomic mass is 9.99. The summed E-state index contributed by atoms with van der Waals surface area (Å²) in [7, 11) is -4.16. The van der Waals surface area contributed by atoms with E-state index in [9.17, 15) is 23.1 Å². The number of rotatable bonds is 16. The molecule has 2 saturated heterocycles. The minimum atomic E-state index is -4.16. The molecule has 3 N–H and O–H groups in total. The molecule has 0 radical (unpaired) electrons. The number of aryl methyl sites for hydroxylation is 1. The highest BCUT2D eigenvalue weighted by atomic mass is 35.5. The van der Waals surface area contributed by atoms with Crippen molar-refractivity contribution in [1.82, 2.24) is 14.5 Å². The molecule has 0 aliphatic carbocycles. The van der Waals surface area contributed by atoms with E-state index in [2.05, 4.69) is 68.4 Å². The van der Waals surface area contributed by atoms with Crippen molar-refractivity contribution in [1.29, 1.82) is 0 Å². The van der Waals surface area contributed by atoms with Gasteiger partial charge in [0.05, 0.1) is 4.90 Å². The van der Waals surface area contributed by atoms with Crippen molar-refractivity contribution in [2.45, 2.75) is 54.6 Å². The van der Waals surface area contributed by atoms with E-state index in [1.54, 1.807) is 36.0 Å². The summed E-state index contributed by atoms with van der Waals surface area (Å²) in [5.74, 6) is -0.738. The zero-order valence-corrected chi connectivity index (χ0v) is 35.5. The van der Waals surface area contributed by atoms with E-state index in [-0.39, 0.29) is 16.5 Å². The number of thioether (sulfide) groups is 1. The minimum absolute atomic E-state index is 0.00393. The molecule has 0 spiro atoms. The quantitative estimate of drug-likeness (QED) is 0.0837. The van der Waals surface area contributed by atoms with Crippen LogP contribution in [-0.4, -0.2) is 92.3 Å². The van der Waals surface area contributed by atoms with Crippen LogP contribution in [0.25, 0.3) is 11.1 Å². The minimum Gasteiger partial charge on any atom is -0.480 e. The highest BCUT2D eigenvalue weighted by Crippen LogP contribution is 2.29. The monoisotopic (exact) mass is 851 g/mol. The third-order valence-corrected chi connectivity index (χ3v) is 13.9. The molecule has 0 saturated carbocycles. The number of piperazine rings is 1. The topological polar surface area (TPSA) is 122 Å². The number of anilines is 2. The summed E-state index contributed by atoms with van der Waals surface area (Å²) in [5, 5.41) is 14.0. The SMILES string of the molecule is Cc1cc(S(=O)(=O)NC(=O)c2ccc(N3CCN(Cc4ccccc4-c4ccc(Cl)cc4)CC3)cc2)ccc1N[C@H](CCN1CCC[C@@H]1C(=O)O)CSc1ccccc1. The molecule has 2 heterocycles. The fourth-order valence-electron chi connectivity index (χ4n) is 7.83. The molecular weight excluding hydrogens is 802 g/mol. The lowest BCUT2D eigenvalue weighted by molar-refractivity contribution is -0.142. The molecule has 2 fully saturated rings. The van der Waals surface area contributed by atoms with Gasteiger partial charge >= 0.3 is 5.97 Å². The number of amides is 1. The second-order valence-electron chi connectivity index (χ2n) is 15.2.